The normalized spacial score (nSPS) is 15.0. The summed E-state index contributed by atoms with van der Waals surface area (Å²) in [6.45, 7) is 0.360. The Kier molecular flexibility index (Phi) is 4.72. The Hall–Kier alpha value is -2.82. The number of halogens is 3. The van der Waals surface area contributed by atoms with Gasteiger partial charge in [-0.1, -0.05) is 0 Å². The molecule has 0 amide bonds. The van der Waals surface area contributed by atoms with Gasteiger partial charge in [-0.05, 0) is 30.3 Å². The Morgan fingerprint density at radius 3 is 2.62 bits per heavy atom. The number of benzene rings is 1. The van der Waals surface area contributed by atoms with Crippen molar-refractivity contribution in [2.75, 3.05) is 17.5 Å². The molecule has 0 bridgehead atoms. The first kappa shape index (κ1) is 18.0. The summed E-state index contributed by atoms with van der Waals surface area (Å²) in [5.74, 6) is -1.51. The maximum Gasteiger partial charge on any atom is 0.573 e. The molecular weight excluding hydrogens is 377 g/mol. The third kappa shape index (κ3) is 3.87. The van der Waals surface area contributed by atoms with E-state index in [4.69, 9.17) is 9.84 Å². The Balaban J connectivity index is 1.87. The molecule has 138 valence electrons. The van der Waals surface area contributed by atoms with E-state index in [-0.39, 0.29) is 35.2 Å². The standard InChI is InChI=1S/C15H11F3N2O5S/c16-15(17,18)25-10-1-3-11(4-2-10)26(23)20-5-6-24-13-12(20)7-9(8-19-13)14(21)22/h1-4,7-8H,5-6H2,(H,21,22). The number of hydrogen-bond donors (Lipinski definition) is 1. The van der Waals surface area contributed by atoms with Gasteiger partial charge in [-0.25, -0.2) is 14.0 Å². The Labute approximate surface area is 147 Å². The summed E-state index contributed by atoms with van der Waals surface area (Å²) in [6.07, 6.45) is -3.69. The number of fused-ring (bicyclic) bond motifs is 1. The van der Waals surface area contributed by atoms with Crippen LogP contribution < -0.4 is 13.8 Å². The summed E-state index contributed by atoms with van der Waals surface area (Å²) in [5.41, 5.74) is 0.121. The number of aromatic carboxylic acids is 1. The van der Waals surface area contributed by atoms with E-state index in [1.54, 1.807) is 0 Å². The Morgan fingerprint density at radius 2 is 2.00 bits per heavy atom. The highest BCUT2D eigenvalue weighted by atomic mass is 32.2. The number of alkyl halides is 3. The Morgan fingerprint density at radius 1 is 1.31 bits per heavy atom. The van der Waals surface area contributed by atoms with E-state index in [1.807, 2.05) is 0 Å². The zero-order valence-corrected chi connectivity index (χ0v) is 13.7. The number of carbonyl (C=O) groups is 1. The Bertz CT molecular complexity index is 857. The number of carboxylic acids is 1. The van der Waals surface area contributed by atoms with E-state index in [0.29, 0.717) is 0 Å². The van der Waals surface area contributed by atoms with Crippen molar-refractivity contribution < 1.29 is 36.8 Å². The predicted octanol–water partition coefficient (Wildman–Crippen LogP) is 2.60. The minimum Gasteiger partial charge on any atom is -0.478 e. The van der Waals surface area contributed by atoms with Crippen molar-refractivity contribution in [1.82, 2.24) is 4.98 Å². The summed E-state index contributed by atoms with van der Waals surface area (Å²) in [6, 6.07) is 5.85. The molecule has 0 aliphatic carbocycles. The van der Waals surface area contributed by atoms with Gasteiger partial charge in [-0.3, -0.25) is 4.31 Å². The molecule has 0 fully saturated rings. The second kappa shape index (κ2) is 6.83. The molecule has 2 aromatic rings. The van der Waals surface area contributed by atoms with Crippen molar-refractivity contribution in [2.24, 2.45) is 0 Å². The van der Waals surface area contributed by atoms with Crippen molar-refractivity contribution in [1.29, 1.82) is 0 Å². The number of hydrogen-bond acceptors (Lipinski definition) is 5. The van der Waals surface area contributed by atoms with Crippen LogP contribution >= 0.6 is 0 Å². The van der Waals surface area contributed by atoms with Gasteiger partial charge in [-0.15, -0.1) is 13.2 Å². The largest absolute Gasteiger partial charge is 0.573 e. The molecule has 0 saturated heterocycles. The fourth-order valence-corrected chi connectivity index (χ4v) is 3.42. The highest BCUT2D eigenvalue weighted by Crippen LogP contribution is 2.33. The van der Waals surface area contributed by atoms with Crippen LogP contribution in [0, 0.1) is 0 Å². The first-order chi connectivity index (χ1) is 12.2. The molecule has 11 heteroatoms. The molecule has 1 N–H and O–H groups in total. The lowest BCUT2D eigenvalue weighted by Gasteiger charge is -2.29. The molecule has 3 rings (SSSR count). The summed E-state index contributed by atoms with van der Waals surface area (Å²) < 4.78 is 59.9. The SMILES string of the molecule is O=C(O)c1cnc2c(c1)N(S(=O)c1ccc(OC(F)(F)F)cc1)CCO2. The van der Waals surface area contributed by atoms with Crippen LogP contribution in [0.2, 0.25) is 0 Å². The molecule has 1 aliphatic rings. The van der Waals surface area contributed by atoms with Gasteiger partial charge in [0.1, 0.15) is 18.0 Å². The molecule has 1 aliphatic heterocycles. The minimum absolute atomic E-state index is 0.106. The maximum atomic E-state index is 12.8. The van der Waals surface area contributed by atoms with Crippen molar-refractivity contribution in [3.8, 4) is 11.6 Å². The van der Waals surface area contributed by atoms with Crippen LogP contribution in [0.5, 0.6) is 11.6 Å². The fraction of sp³-hybridized carbons (Fsp3) is 0.200. The quantitative estimate of drug-likeness (QED) is 0.866. The van der Waals surface area contributed by atoms with Crippen LogP contribution in [-0.4, -0.2) is 39.8 Å². The maximum absolute atomic E-state index is 12.8. The van der Waals surface area contributed by atoms with Crippen LogP contribution in [0.3, 0.4) is 0 Å². The molecule has 1 atom stereocenters. The molecule has 2 heterocycles. The summed E-state index contributed by atoms with van der Waals surface area (Å²) >= 11 is 0. The van der Waals surface area contributed by atoms with Gasteiger partial charge in [0, 0.05) is 6.20 Å². The van der Waals surface area contributed by atoms with E-state index in [0.717, 1.165) is 18.3 Å². The fourth-order valence-electron chi connectivity index (χ4n) is 2.25. The van der Waals surface area contributed by atoms with Gasteiger partial charge in [0.15, 0.2) is 11.0 Å². The van der Waals surface area contributed by atoms with E-state index >= 15 is 0 Å². The number of nitrogens with zero attached hydrogens (tertiary/aromatic N) is 2. The van der Waals surface area contributed by atoms with Crippen LogP contribution in [0.1, 0.15) is 10.4 Å². The van der Waals surface area contributed by atoms with E-state index < -0.39 is 29.1 Å². The second-order valence-electron chi connectivity index (χ2n) is 5.07. The van der Waals surface area contributed by atoms with E-state index in [9.17, 15) is 22.2 Å². The molecule has 26 heavy (non-hydrogen) atoms. The van der Waals surface area contributed by atoms with Gasteiger partial charge < -0.3 is 14.6 Å². The van der Waals surface area contributed by atoms with E-state index in [1.165, 1.54) is 22.5 Å². The van der Waals surface area contributed by atoms with Gasteiger partial charge in [-0.2, -0.15) is 0 Å². The molecule has 0 spiro atoms. The molecule has 1 unspecified atom stereocenters. The van der Waals surface area contributed by atoms with Crippen molar-refractivity contribution in [3.05, 3.63) is 42.1 Å². The monoisotopic (exact) mass is 388 g/mol. The molecule has 7 nitrogen and oxygen atoms in total. The topological polar surface area (TPSA) is 89.0 Å². The molecule has 0 radical (unpaired) electrons. The van der Waals surface area contributed by atoms with Crippen molar-refractivity contribution in [3.63, 3.8) is 0 Å². The number of rotatable bonds is 4. The number of carboxylic acid groups (broad SMARTS) is 1. The molecule has 1 aromatic carbocycles. The molecule has 0 saturated carbocycles. The van der Waals surface area contributed by atoms with E-state index in [2.05, 4.69) is 9.72 Å². The highest BCUT2D eigenvalue weighted by Gasteiger charge is 2.31. The highest BCUT2D eigenvalue weighted by molar-refractivity contribution is 7.86. The van der Waals surface area contributed by atoms with Gasteiger partial charge in [0.05, 0.1) is 17.0 Å². The summed E-state index contributed by atoms with van der Waals surface area (Å²) in [4.78, 5) is 15.2. The number of pyridine rings is 1. The second-order valence-corrected chi connectivity index (χ2v) is 6.48. The van der Waals surface area contributed by atoms with Crippen LogP contribution in [-0.2, 0) is 11.0 Å². The number of ether oxygens (including phenoxy) is 2. The van der Waals surface area contributed by atoms with Crippen molar-refractivity contribution in [2.45, 2.75) is 11.3 Å². The smallest absolute Gasteiger partial charge is 0.478 e. The zero-order valence-electron chi connectivity index (χ0n) is 12.9. The summed E-state index contributed by atoms with van der Waals surface area (Å²) in [5, 5.41) is 9.07. The first-order valence-corrected chi connectivity index (χ1v) is 8.26. The predicted molar refractivity (Wildman–Crippen MR) is 83.6 cm³/mol. The van der Waals surface area contributed by atoms with Crippen molar-refractivity contribution >= 4 is 22.6 Å². The molecule has 1 aromatic heterocycles. The number of aromatic nitrogens is 1. The lowest BCUT2D eigenvalue weighted by molar-refractivity contribution is -0.274. The van der Waals surface area contributed by atoms with Gasteiger partial charge in [0.2, 0.25) is 5.88 Å². The average molecular weight is 388 g/mol. The number of anilines is 1. The third-order valence-corrected chi connectivity index (χ3v) is 4.80. The van der Waals surface area contributed by atoms with Crippen LogP contribution in [0.25, 0.3) is 0 Å². The lowest BCUT2D eigenvalue weighted by atomic mass is 10.2. The zero-order chi connectivity index (χ0) is 18.9. The third-order valence-electron chi connectivity index (χ3n) is 3.34. The lowest BCUT2D eigenvalue weighted by Crippen LogP contribution is -2.35. The molecular formula is C15H11F3N2O5S. The van der Waals surface area contributed by atoms with Crippen LogP contribution in [0.15, 0.2) is 41.4 Å². The van der Waals surface area contributed by atoms with Crippen LogP contribution in [0.4, 0.5) is 18.9 Å². The minimum atomic E-state index is -4.82. The summed E-state index contributed by atoms with van der Waals surface area (Å²) in [7, 11) is -1.80. The van der Waals surface area contributed by atoms with Gasteiger partial charge >= 0.3 is 12.3 Å². The first-order valence-electron chi connectivity index (χ1n) is 7.16. The average Bonchev–Trinajstić information content (AvgIpc) is 2.59. The van der Waals surface area contributed by atoms with Gasteiger partial charge in [0.25, 0.3) is 0 Å².